The Labute approximate surface area is 143 Å². The molecule has 0 saturated heterocycles. The van der Waals surface area contributed by atoms with Crippen LogP contribution in [0.4, 0.5) is 10.1 Å². The van der Waals surface area contributed by atoms with E-state index in [1.54, 1.807) is 18.2 Å². The molecular weight excluding hydrogens is 329 g/mol. The summed E-state index contributed by atoms with van der Waals surface area (Å²) in [7, 11) is 2.90. The maximum atomic E-state index is 13.4. The van der Waals surface area contributed by atoms with Crippen molar-refractivity contribution in [3.63, 3.8) is 0 Å². The molecule has 0 heterocycles. The number of carbonyl (C=O) groups excluding carboxylic acids is 2. The van der Waals surface area contributed by atoms with Crippen LogP contribution < -0.4 is 20.2 Å². The molecule has 0 atom stereocenters. The van der Waals surface area contributed by atoms with E-state index in [9.17, 15) is 14.0 Å². The van der Waals surface area contributed by atoms with Crippen LogP contribution in [0.15, 0.2) is 47.6 Å². The molecule has 8 heteroatoms. The van der Waals surface area contributed by atoms with Gasteiger partial charge >= 0.3 is 11.8 Å². The maximum Gasteiger partial charge on any atom is 0.329 e. The fourth-order valence-corrected chi connectivity index (χ4v) is 1.88. The average molecular weight is 345 g/mol. The SMILES string of the molecule is COc1ccc(OC)c(NC(=O)C(=O)N/N=C\c2ccccc2F)c1. The normalized spacial score (nSPS) is 10.4. The molecule has 2 aromatic rings. The fraction of sp³-hybridized carbons (Fsp3) is 0.118. The first-order chi connectivity index (χ1) is 12.0. The van der Waals surface area contributed by atoms with Gasteiger partial charge in [0.05, 0.1) is 26.1 Å². The van der Waals surface area contributed by atoms with Crippen molar-refractivity contribution in [2.45, 2.75) is 0 Å². The van der Waals surface area contributed by atoms with E-state index >= 15 is 0 Å². The predicted molar refractivity (Wildman–Crippen MR) is 90.3 cm³/mol. The zero-order valence-corrected chi connectivity index (χ0v) is 13.6. The van der Waals surface area contributed by atoms with E-state index in [2.05, 4.69) is 10.4 Å². The van der Waals surface area contributed by atoms with E-state index in [4.69, 9.17) is 9.47 Å². The molecule has 0 spiro atoms. The number of hydrazone groups is 1. The van der Waals surface area contributed by atoms with Crippen molar-refractivity contribution in [2.75, 3.05) is 19.5 Å². The van der Waals surface area contributed by atoms with Gasteiger partial charge in [0.15, 0.2) is 0 Å². The van der Waals surface area contributed by atoms with Gasteiger partial charge in [-0.15, -0.1) is 0 Å². The van der Waals surface area contributed by atoms with Crippen LogP contribution in [0.25, 0.3) is 0 Å². The monoisotopic (exact) mass is 345 g/mol. The summed E-state index contributed by atoms with van der Waals surface area (Å²) in [5.41, 5.74) is 2.47. The summed E-state index contributed by atoms with van der Waals surface area (Å²) in [5, 5.41) is 5.95. The minimum Gasteiger partial charge on any atom is -0.497 e. The molecule has 0 bridgehead atoms. The molecule has 2 amide bonds. The van der Waals surface area contributed by atoms with Gasteiger partial charge in [-0.05, 0) is 18.2 Å². The van der Waals surface area contributed by atoms with Gasteiger partial charge in [-0.2, -0.15) is 5.10 Å². The third-order valence-corrected chi connectivity index (χ3v) is 3.14. The van der Waals surface area contributed by atoms with Crippen LogP contribution in [0.3, 0.4) is 0 Å². The lowest BCUT2D eigenvalue weighted by atomic mass is 10.2. The first kappa shape index (κ1) is 17.9. The molecule has 2 N–H and O–H groups in total. The van der Waals surface area contributed by atoms with Crippen molar-refractivity contribution in [1.29, 1.82) is 0 Å². The summed E-state index contributed by atoms with van der Waals surface area (Å²) >= 11 is 0. The maximum absolute atomic E-state index is 13.4. The minimum atomic E-state index is -1.02. The Morgan fingerprint density at radius 2 is 1.84 bits per heavy atom. The van der Waals surface area contributed by atoms with Crippen molar-refractivity contribution in [3.8, 4) is 11.5 Å². The highest BCUT2D eigenvalue weighted by Crippen LogP contribution is 2.28. The standard InChI is InChI=1S/C17H16FN3O4/c1-24-12-7-8-15(25-2)14(9-12)20-16(22)17(23)21-19-10-11-5-3-4-6-13(11)18/h3-10H,1-2H3,(H,20,22)(H,21,23)/b19-10-. The van der Waals surface area contributed by atoms with Gasteiger partial charge in [-0.3, -0.25) is 9.59 Å². The zero-order chi connectivity index (χ0) is 18.2. The van der Waals surface area contributed by atoms with E-state index in [1.165, 1.54) is 38.5 Å². The van der Waals surface area contributed by atoms with Crippen molar-refractivity contribution in [2.24, 2.45) is 5.10 Å². The van der Waals surface area contributed by atoms with Crippen LogP contribution in [0.5, 0.6) is 11.5 Å². The van der Waals surface area contributed by atoms with Crippen LogP contribution >= 0.6 is 0 Å². The second kappa shape index (κ2) is 8.44. The summed E-state index contributed by atoms with van der Waals surface area (Å²) in [6.07, 6.45) is 1.10. The van der Waals surface area contributed by atoms with E-state index in [0.29, 0.717) is 11.5 Å². The third-order valence-electron chi connectivity index (χ3n) is 3.14. The Bertz CT molecular complexity index is 808. The molecule has 2 rings (SSSR count). The van der Waals surface area contributed by atoms with Crippen LogP contribution in [-0.2, 0) is 9.59 Å². The Morgan fingerprint density at radius 3 is 2.52 bits per heavy atom. The number of ether oxygens (including phenoxy) is 2. The summed E-state index contributed by atoms with van der Waals surface area (Å²) in [4.78, 5) is 23.7. The highest BCUT2D eigenvalue weighted by molar-refractivity contribution is 6.39. The number of halogens is 1. The molecule has 0 aliphatic carbocycles. The van der Waals surface area contributed by atoms with Crippen LogP contribution in [0, 0.1) is 5.82 Å². The highest BCUT2D eigenvalue weighted by atomic mass is 19.1. The predicted octanol–water partition coefficient (Wildman–Crippen LogP) is 1.93. The lowest BCUT2D eigenvalue weighted by molar-refractivity contribution is -0.136. The number of hydrogen-bond acceptors (Lipinski definition) is 5. The fourth-order valence-electron chi connectivity index (χ4n) is 1.88. The van der Waals surface area contributed by atoms with Gasteiger partial charge in [0, 0.05) is 11.6 Å². The molecule has 0 aliphatic heterocycles. The highest BCUT2D eigenvalue weighted by Gasteiger charge is 2.16. The van der Waals surface area contributed by atoms with Gasteiger partial charge < -0.3 is 14.8 Å². The van der Waals surface area contributed by atoms with Crippen LogP contribution in [0.1, 0.15) is 5.56 Å². The molecule has 0 radical (unpaired) electrons. The number of carbonyl (C=O) groups is 2. The van der Waals surface area contributed by atoms with Gasteiger partial charge in [0.25, 0.3) is 0 Å². The quantitative estimate of drug-likeness (QED) is 0.492. The number of benzene rings is 2. The number of nitrogens with zero attached hydrogens (tertiary/aromatic N) is 1. The van der Waals surface area contributed by atoms with Crippen molar-refractivity contribution in [3.05, 3.63) is 53.8 Å². The molecule has 2 aromatic carbocycles. The Kier molecular flexibility index (Phi) is 6.05. The average Bonchev–Trinajstić information content (AvgIpc) is 2.63. The van der Waals surface area contributed by atoms with Gasteiger partial charge in [-0.1, -0.05) is 18.2 Å². The molecule has 0 fully saturated rings. The molecule has 0 unspecified atom stereocenters. The Balaban J connectivity index is 2.01. The Morgan fingerprint density at radius 1 is 1.08 bits per heavy atom. The van der Waals surface area contributed by atoms with Crippen molar-refractivity contribution >= 4 is 23.7 Å². The molecule has 7 nitrogen and oxygen atoms in total. The van der Waals surface area contributed by atoms with E-state index in [1.807, 2.05) is 5.43 Å². The topological polar surface area (TPSA) is 89.0 Å². The molecule has 0 aromatic heterocycles. The molecule has 130 valence electrons. The van der Waals surface area contributed by atoms with Crippen molar-refractivity contribution in [1.82, 2.24) is 5.43 Å². The minimum absolute atomic E-state index is 0.178. The van der Waals surface area contributed by atoms with Gasteiger partial charge in [0.2, 0.25) is 0 Å². The number of anilines is 1. The lowest BCUT2D eigenvalue weighted by Crippen LogP contribution is -2.32. The zero-order valence-electron chi connectivity index (χ0n) is 13.6. The summed E-state index contributed by atoms with van der Waals surface area (Å²) < 4.78 is 23.6. The summed E-state index contributed by atoms with van der Waals surface area (Å²) in [5.74, 6) is -1.63. The molecule has 25 heavy (non-hydrogen) atoms. The largest absolute Gasteiger partial charge is 0.497 e. The van der Waals surface area contributed by atoms with Crippen LogP contribution in [-0.4, -0.2) is 32.2 Å². The first-order valence-corrected chi connectivity index (χ1v) is 7.16. The molecular formula is C17H16FN3O4. The molecule has 0 aliphatic rings. The van der Waals surface area contributed by atoms with E-state index < -0.39 is 17.6 Å². The number of amides is 2. The second-order valence-electron chi connectivity index (χ2n) is 4.74. The van der Waals surface area contributed by atoms with Crippen LogP contribution in [0.2, 0.25) is 0 Å². The smallest absolute Gasteiger partial charge is 0.329 e. The Hall–Kier alpha value is -3.42. The van der Waals surface area contributed by atoms with Gasteiger partial charge in [0.1, 0.15) is 17.3 Å². The van der Waals surface area contributed by atoms with E-state index in [-0.39, 0.29) is 11.3 Å². The number of nitrogens with one attached hydrogen (secondary N) is 2. The second-order valence-corrected chi connectivity index (χ2v) is 4.74. The number of rotatable bonds is 5. The summed E-state index contributed by atoms with van der Waals surface area (Å²) in [6.45, 7) is 0. The lowest BCUT2D eigenvalue weighted by Gasteiger charge is -2.11. The molecule has 0 saturated carbocycles. The summed E-state index contributed by atoms with van der Waals surface area (Å²) in [6, 6.07) is 10.6. The first-order valence-electron chi connectivity index (χ1n) is 7.16. The van der Waals surface area contributed by atoms with Crippen molar-refractivity contribution < 1.29 is 23.5 Å². The van der Waals surface area contributed by atoms with E-state index in [0.717, 1.165) is 6.21 Å². The number of methoxy groups -OCH3 is 2. The third kappa shape index (κ3) is 4.77. The number of hydrogen-bond donors (Lipinski definition) is 2. The van der Waals surface area contributed by atoms with Gasteiger partial charge in [-0.25, -0.2) is 9.82 Å².